The first-order valence-corrected chi connectivity index (χ1v) is 4.20. The van der Waals surface area contributed by atoms with Crippen molar-refractivity contribution in [3.63, 3.8) is 0 Å². The second-order valence-corrected chi connectivity index (χ2v) is 3.26. The fraction of sp³-hybridized carbons (Fsp3) is 0.111. The van der Waals surface area contributed by atoms with Crippen LogP contribution in [0.2, 0.25) is 5.15 Å². The number of aromatic amines is 1. The second kappa shape index (κ2) is 2.85. The number of fused-ring (bicyclic) bond motifs is 1. The third kappa shape index (κ3) is 1.42. The average Bonchev–Trinajstić information content (AvgIpc) is 2.06. The minimum absolute atomic E-state index is 0.126. The van der Waals surface area contributed by atoms with E-state index in [4.69, 9.17) is 11.6 Å². The molecule has 66 valence electrons. The molecule has 2 rings (SSSR count). The highest BCUT2D eigenvalue weighted by molar-refractivity contribution is 6.30. The van der Waals surface area contributed by atoms with Crippen LogP contribution in [-0.2, 0) is 0 Å². The van der Waals surface area contributed by atoms with Gasteiger partial charge in [-0.05, 0) is 19.1 Å². The Morgan fingerprint density at radius 1 is 1.46 bits per heavy atom. The highest BCUT2D eigenvalue weighted by Crippen LogP contribution is 2.12. The first kappa shape index (κ1) is 8.26. The lowest BCUT2D eigenvalue weighted by Crippen LogP contribution is -2.07. The summed E-state index contributed by atoms with van der Waals surface area (Å²) in [5, 5.41) is 1.72. The summed E-state index contributed by atoms with van der Waals surface area (Å²) in [5.41, 5.74) is 0.695. The van der Waals surface area contributed by atoms with Gasteiger partial charge in [0.15, 0.2) is 0 Å². The van der Waals surface area contributed by atoms with E-state index < -0.39 is 0 Å². The number of rotatable bonds is 0. The summed E-state index contributed by atoms with van der Waals surface area (Å²) in [6, 6.07) is 3.43. The minimum atomic E-state index is -0.126. The monoisotopic (exact) mass is 194 g/mol. The van der Waals surface area contributed by atoms with Crippen molar-refractivity contribution in [1.82, 2.24) is 9.97 Å². The van der Waals surface area contributed by atoms with Crippen LogP contribution in [0.25, 0.3) is 10.8 Å². The standard InChI is InChI=1S/C9H7ClN2O/c1-5-2-6-4-11-8(10)3-7(6)9(13)12-5/h2-4H,1H3,(H,12,13). The molecule has 2 aromatic rings. The fourth-order valence-corrected chi connectivity index (χ4v) is 1.43. The van der Waals surface area contributed by atoms with E-state index in [1.165, 1.54) is 0 Å². The second-order valence-electron chi connectivity index (χ2n) is 2.88. The maximum absolute atomic E-state index is 11.4. The van der Waals surface area contributed by atoms with Gasteiger partial charge in [-0.1, -0.05) is 11.6 Å². The van der Waals surface area contributed by atoms with Crippen LogP contribution in [0.15, 0.2) is 23.1 Å². The van der Waals surface area contributed by atoms with Gasteiger partial charge < -0.3 is 4.98 Å². The summed E-state index contributed by atoms with van der Waals surface area (Å²) in [6.07, 6.45) is 1.60. The molecule has 0 bridgehead atoms. The summed E-state index contributed by atoms with van der Waals surface area (Å²) in [6.45, 7) is 1.83. The molecule has 0 aromatic carbocycles. The van der Waals surface area contributed by atoms with Gasteiger partial charge in [-0.2, -0.15) is 0 Å². The molecule has 0 aliphatic carbocycles. The molecule has 13 heavy (non-hydrogen) atoms. The lowest BCUT2D eigenvalue weighted by molar-refractivity contribution is 1.16. The van der Waals surface area contributed by atoms with Crippen molar-refractivity contribution in [2.45, 2.75) is 6.92 Å². The van der Waals surface area contributed by atoms with Gasteiger partial charge in [0.05, 0.1) is 5.39 Å². The number of nitrogens with zero attached hydrogens (tertiary/aromatic N) is 1. The smallest absolute Gasteiger partial charge is 0.256 e. The molecule has 1 N–H and O–H groups in total. The Balaban J connectivity index is 2.95. The summed E-state index contributed by atoms with van der Waals surface area (Å²) >= 11 is 5.67. The molecular formula is C9H7ClN2O. The van der Waals surface area contributed by atoms with E-state index in [-0.39, 0.29) is 5.56 Å². The quantitative estimate of drug-likeness (QED) is 0.651. The summed E-state index contributed by atoms with van der Waals surface area (Å²) in [7, 11) is 0. The van der Waals surface area contributed by atoms with Gasteiger partial charge in [-0.15, -0.1) is 0 Å². The highest BCUT2D eigenvalue weighted by Gasteiger charge is 2.00. The SMILES string of the molecule is Cc1cc2cnc(Cl)cc2c(=O)[nH]1. The zero-order valence-corrected chi connectivity index (χ0v) is 7.72. The number of halogens is 1. The largest absolute Gasteiger partial charge is 0.326 e. The molecule has 0 radical (unpaired) electrons. The maximum Gasteiger partial charge on any atom is 0.256 e. The van der Waals surface area contributed by atoms with Crippen LogP contribution in [-0.4, -0.2) is 9.97 Å². The molecule has 0 amide bonds. The first-order valence-electron chi connectivity index (χ1n) is 3.82. The van der Waals surface area contributed by atoms with Crippen molar-refractivity contribution in [2.24, 2.45) is 0 Å². The zero-order chi connectivity index (χ0) is 9.42. The van der Waals surface area contributed by atoms with E-state index in [1.807, 2.05) is 13.0 Å². The molecule has 0 saturated carbocycles. The maximum atomic E-state index is 11.4. The molecular weight excluding hydrogens is 188 g/mol. The van der Waals surface area contributed by atoms with Crippen LogP contribution in [0.4, 0.5) is 0 Å². The van der Waals surface area contributed by atoms with Gasteiger partial charge >= 0.3 is 0 Å². The van der Waals surface area contributed by atoms with Crippen molar-refractivity contribution in [2.75, 3.05) is 0 Å². The molecule has 0 saturated heterocycles. The molecule has 0 atom stereocenters. The van der Waals surface area contributed by atoms with Gasteiger partial charge in [0.25, 0.3) is 5.56 Å². The third-order valence-electron chi connectivity index (χ3n) is 1.83. The predicted molar refractivity (Wildman–Crippen MR) is 52.1 cm³/mol. The van der Waals surface area contributed by atoms with Crippen LogP contribution in [0, 0.1) is 6.92 Å². The van der Waals surface area contributed by atoms with Crippen molar-refractivity contribution < 1.29 is 0 Å². The van der Waals surface area contributed by atoms with Crippen molar-refractivity contribution in [3.8, 4) is 0 Å². The number of hydrogen-bond acceptors (Lipinski definition) is 2. The van der Waals surface area contributed by atoms with Crippen LogP contribution in [0.5, 0.6) is 0 Å². The average molecular weight is 195 g/mol. The summed E-state index contributed by atoms with van der Waals surface area (Å²) < 4.78 is 0. The molecule has 0 unspecified atom stereocenters. The van der Waals surface area contributed by atoms with Crippen molar-refractivity contribution in [3.05, 3.63) is 39.5 Å². The molecule has 2 aromatic heterocycles. The van der Waals surface area contributed by atoms with Crippen molar-refractivity contribution >= 4 is 22.4 Å². The number of aryl methyl sites for hydroxylation is 1. The van der Waals surface area contributed by atoms with Crippen LogP contribution >= 0.6 is 11.6 Å². The predicted octanol–water partition coefficient (Wildman–Crippen LogP) is 1.88. The zero-order valence-electron chi connectivity index (χ0n) is 6.97. The highest BCUT2D eigenvalue weighted by atomic mass is 35.5. The lowest BCUT2D eigenvalue weighted by atomic mass is 10.2. The van der Waals surface area contributed by atoms with E-state index in [2.05, 4.69) is 9.97 Å². The first-order chi connectivity index (χ1) is 6.16. The Bertz CT molecular complexity index is 518. The van der Waals surface area contributed by atoms with Crippen molar-refractivity contribution in [1.29, 1.82) is 0 Å². The van der Waals surface area contributed by atoms with Gasteiger partial charge in [-0.3, -0.25) is 4.79 Å². The number of aromatic nitrogens is 2. The van der Waals surface area contributed by atoms with Gasteiger partial charge in [0.2, 0.25) is 0 Å². The molecule has 3 nitrogen and oxygen atoms in total. The molecule has 4 heteroatoms. The fourth-order valence-electron chi connectivity index (χ4n) is 1.27. The number of nitrogens with one attached hydrogen (secondary N) is 1. The van der Waals surface area contributed by atoms with E-state index in [9.17, 15) is 4.79 Å². The Morgan fingerprint density at radius 2 is 2.23 bits per heavy atom. The van der Waals surface area contributed by atoms with Gasteiger partial charge in [0.1, 0.15) is 5.15 Å². The Hall–Kier alpha value is -1.35. The summed E-state index contributed by atoms with van der Waals surface area (Å²) in [4.78, 5) is 18.0. The molecule has 2 heterocycles. The van der Waals surface area contributed by atoms with Crippen LogP contribution < -0.4 is 5.56 Å². The Labute approximate surface area is 79.4 Å². The lowest BCUT2D eigenvalue weighted by Gasteiger charge is -1.98. The van der Waals surface area contributed by atoms with E-state index in [1.54, 1.807) is 12.3 Å². The van der Waals surface area contributed by atoms with Crippen LogP contribution in [0.1, 0.15) is 5.69 Å². The van der Waals surface area contributed by atoms with E-state index in [0.717, 1.165) is 11.1 Å². The van der Waals surface area contributed by atoms with E-state index >= 15 is 0 Å². The molecule has 0 aliphatic rings. The number of H-pyrrole nitrogens is 1. The minimum Gasteiger partial charge on any atom is -0.326 e. The molecule has 0 spiro atoms. The molecule has 0 fully saturated rings. The Kier molecular flexibility index (Phi) is 1.81. The van der Waals surface area contributed by atoms with Crippen LogP contribution in [0.3, 0.4) is 0 Å². The normalized spacial score (nSPS) is 10.6. The Morgan fingerprint density at radius 3 is 3.00 bits per heavy atom. The topological polar surface area (TPSA) is 45.8 Å². The van der Waals surface area contributed by atoms with E-state index in [0.29, 0.717) is 10.5 Å². The van der Waals surface area contributed by atoms with Gasteiger partial charge in [0, 0.05) is 17.3 Å². The number of hydrogen-bond donors (Lipinski definition) is 1. The molecule has 0 aliphatic heterocycles. The van der Waals surface area contributed by atoms with Gasteiger partial charge in [-0.25, -0.2) is 4.98 Å². The summed E-state index contributed by atoms with van der Waals surface area (Å²) in [5.74, 6) is 0. The third-order valence-corrected chi connectivity index (χ3v) is 2.04. The number of pyridine rings is 2.